The summed E-state index contributed by atoms with van der Waals surface area (Å²) in [4.78, 5) is 0. The number of aryl methyl sites for hydroxylation is 1. The second-order valence-corrected chi connectivity index (χ2v) is 3.80. The van der Waals surface area contributed by atoms with Crippen LogP contribution in [0.4, 0.5) is 5.69 Å². The summed E-state index contributed by atoms with van der Waals surface area (Å²) in [6, 6.07) is 7.96. The molecule has 0 fully saturated rings. The number of rotatable bonds is 3. The zero-order chi connectivity index (χ0) is 13.0. The maximum atomic E-state index is 9.02. The first-order chi connectivity index (χ1) is 8.72. The molecule has 1 aromatic carbocycles. The molecule has 6 heteroatoms. The molecule has 0 radical (unpaired) electrons. The number of aromatic nitrogens is 4. The summed E-state index contributed by atoms with van der Waals surface area (Å²) in [5.41, 5.74) is 3.60. The highest BCUT2D eigenvalue weighted by Gasteiger charge is 2.06. The van der Waals surface area contributed by atoms with Crippen LogP contribution in [0.15, 0.2) is 24.4 Å². The van der Waals surface area contributed by atoms with E-state index in [4.69, 9.17) is 5.26 Å². The van der Waals surface area contributed by atoms with Crippen LogP contribution in [-0.4, -0.2) is 20.6 Å². The largest absolute Gasteiger partial charge is 0.360 e. The van der Waals surface area contributed by atoms with Crippen LogP contribution < -0.4 is 5.32 Å². The van der Waals surface area contributed by atoms with Crippen molar-refractivity contribution in [2.45, 2.75) is 13.8 Å². The van der Waals surface area contributed by atoms with E-state index in [2.05, 4.69) is 25.9 Å². The van der Waals surface area contributed by atoms with E-state index in [1.165, 1.54) is 5.56 Å². The highest BCUT2D eigenvalue weighted by Crippen LogP contribution is 2.18. The van der Waals surface area contributed by atoms with Crippen LogP contribution in [0.25, 0.3) is 5.57 Å². The fourth-order valence-electron chi connectivity index (χ4n) is 1.48. The third-order valence-electron chi connectivity index (χ3n) is 2.68. The first kappa shape index (κ1) is 11.8. The van der Waals surface area contributed by atoms with Crippen molar-refractivity contribution in [3.63, 3.8) is 0 Å². The minimum absolute atomic E-state index is 0.273. The van der Waals surface area contributed by atoms with E-state index in [9.17, 15) is 0 Å². The third-order valence-corrected chi connectivity index (χ3v) is 2.68. The van der Waals surface area contributed by atoms with Crippen molar-refractivity contribution in [1.82, 2.24) is 20.6 Å². The van der Waals surface area contributed by atoms with Gasteiger partial charge in [0.1, 0.15) is 11.6 Å². The minimum Gasteiger partial charge on any atom is -0.360 e. The van der Waals surface area contributed by atoms with Crippen molar-refractivity contribution >= 4 is 11.3 Å². The fourth-order valence-corrected chi connectivity index (χ4v) is 1.48. The maximum absolute atomic E-state index is 9.02. The first-order valence-electron chi connectivity index (χ1n) is 5.39. The number of anilines is 1. The molecule has 0 unspecified atom stereocenters. The van der Waals surface area contributed by atoms with Crippen LogP contribution in [0.2, 0.25) is 0 Å². The number of nitrogens with one attached hydrogen (secondary N) is 2. The molecule has 1 heterocycles. The minimum atomic E-state index is 0.273. The van der Waals surface area contributed by atoms with Crippen molar-refractivity contribution < 1.29 is 0 Å². The highest BCUT2D eigenvalue weighted by atomic mass is 15.5. The summed E-state index contributed by atoms with van der Waals surface area (Å²) in [7, 11) is 0. The Morgan fingerprint density at radius 3 is 2.94 bits per heavy atom. The summed E-state index contributed by atoms with van der Waals surface area (Å²) < 4.78 is 0. The van der Waals surface area contributed by atoms with Gasteiger partial charge in [0.25, 0.3) is 0 Å². The quantitative estimate of drug-likeness (QED) is 0.798. The lowest BCUT2D eigenvalue weighted by molar-refractivity contribution is 0.881. The molecule has 18 heavy (non-hydrogen) atoms. The highest BCUT2D eigenvalue weighted by molar-refractivity contribution is 5.74. The normalized spacial score (nSPS) is 11.1. The molecule has 0 aliphatic heterocycles. The molecule has 90 valence electrons. The lowest BCUT2D eigenvalue weighted by Crippen LogP contribution is -1.96. The molecule has 6 nitrogen and oxygen atoms in total. The number of nitrogens with zero attached hydrogens (tertiary/aromatic N) is 4. The Kier molecular flexibility index (Phi) is 3.34. The first-order valence-corrected chi connectivity index (χ1v) is 5.39. The van der Waals surface area contributed by atoms with E-state index in [1.54, 1.807) is 6.20 Å². The molecule has 0 saturated heterocycles. The zero-order valence-electron chi connectivity index (χ0n) is 10.1. The lowest BCUT2D eigenvalue weighted by atomic mass is 10.1. The second kappa shape index (κ2) is 5.10. The average molecular weight is 240 g/mol. The zero-order valence-corrected chi connectivity index (χ0v) is 10.1. The van der Waals surface area contributed by atoms with Crippen molar-refractivity contribution in [2.75, 3.05) is 5.32 Å². The maximum Gasteiger partial charge on any atom is 0.216 e. The third kappa shape index (κ3) is 2.35. The Labute approximate surface area is 104 Å². The van der Waals surface area contributed by atoms with Crippen LogP contribution in [0.5, 0.6) is 0 Å². The Bertz CT molecular complexity index is 606. The Balaban J connectivity index is 2.25. The van der Waals surface area contributed by atoms with Gasteiger partial charge in [-0.25, -0.2) is 0 Å². The van der Waals surface area contributed by atoms with Crippen molar-refractivity contribution in [1.29, 1.82) is 5.26 Å². The van der Waals surface area contributed by atoms with Gasteiger partial charge < -0.3 is 5.32 Å². The summed E-state index contributed by atoms with van der Waals surface area (Å²) in [5, 5.41) is 25.4. The van der Waals surface area contributed by atoms with E-state index in [0.29, 0.717) is 5.57 Å². The molecular weight excluding hydrogens is 228 g/mol. The predicted molar refractivity (Wildman–Crippen MR) is 67.3 cm³/mol. The topological polar surface area (TPSA) is 90.3 Å². The van der Waals surface area contributed by atoms with Crippen LogP contribution >= 0.6 is 0 Å². The summed E-state index contributed by atoms with van der Waals surface area (Å²) in [6.07, 6.45) is 1.58. The fraction of sp³-hybridized carbons (Fsp3) is 0.167. The van der Waals surface area contributed by atoms with E-state index in [1.807, 2.05) is 38.1 Å². The Morgan fingerprint density at radius 1 is 1.44 bits per heavy atom. The van der Waals surface area contributed by atoms with Gasteiger partial charge in [0.2, 0.25) is 5.82 Å². The van der Waals surface area contributed by atoms with Gasteiger partial charge in [0.15, 0.2) is 0 Å². The number of hydrogen-bond donors (Lipinski definition) is 2. The van der Waals surface area contributed by atoms with Crippen LogP contribution in [0.3, 0.4) is 0 Å². The van der Waals surface area contributed by atoms with Gasteiger partial charge in [-0.3, -0.25) is 0 Å². The number of H-pyrrole nitrogens is 1. The van der Waals surface area contributed by atoms with E-state index >= 15 is 0 Å². The van der Waals surface area contributed by atoms with Gasteiger partial charge >= 0.3 is 0 Å². The number of tetrazole rings is 1. The monoisotopic (exact) mass is 240 g/mol. The Hall–Kier alpha value is -2.68. The van der Waals surface area contributed by atoms with Crippen LogP contribution in [0.1, 0.15) is 17.0 Å². The van der Waals surface area contributed by atoms with Crippen molar-refractivity contribution in [2.24, 2.45) is 0 Å². The van der Waals surface area contributed by atoms with Crippen LogP contribution in [-0.2, 0) is 0 Å². The summed E-state index contributed by atoms with van der Waals surface area (Å²) >= 11 is 0. The second-order valence-electron chi connectivity index (χ2n) is 3.80. The van der Waals surface area contributed by atoms with Gasteiger partial charge in [-0.1, -0.05) is 12.1 Å². The van der Waals surface area contributed by atoms with Gasteiger partial charge in [0, 0.05) is 11.9 Å². The molecular formula is C12H12N6. The van der Waals surface area contributed by atoms with Gasteiger partial charge in [0.05, 0.1) is 0 Å². The standard InChI is InChI=1S/C12H12N6/c1-8-4-3-5-11(9(8)2)14-7-10(6-13)12-15-17-18-16-12/h3-5,7,14H,1-2H3,(H,15,16,17,18). The summed E-state index contributed by atoms with van der Waals surface area (Å²) in [5.74, 6) is 0.273. The number of benzene rings is 1. The molecule has 0 atom stereocenters. The molecule has 0 bridgehead atoms. The molecule has 2 N–H and O–H groups in total. The number of hydrogen-bond acceptors (Lipinski definition) is 5. The van der Waals surface area contributed by atoms with E-state index < -0.39 is 0 Å². The van der Waals surface area contributed by atoms with Gasteiger partial charge in [-0.15, -0.1) is 10.2 Å². The number of aromatic amines is 1. The van der Waals surface area contributed by atoms with E-state index in [0.717, 1.165) is 11.3 Å². The Morgan fingerprint density at radius 2 is 2.28 bits per heavy atom. The number of nitriles is 1. The molecule has 0 saturated carbocycles. The van der Waals surface area contributed by atoms with Crippen molar-refractivity contribution in [3.05, 3.63) is 41.4 Å². The molecule has 2 aromatic rings. The molecule has 0 spiro atoms. The van der Waals surface area contributed by atoms with Gasteiger partial charge in [-0.05, 0) is 36.3 Å². The van der Waals surface area contributed by atoms with Crippen LogP contribution in [0, 0.1) is 25.2 Å². The summed E-state index contributed by atoms with van der Waals surface area (Å²) in [6.45, 7) is 4.06. The molecule has 2 rings (SSSR count). The van der Waals surface area contributed by atoms with E-state index in [-0.39, 0.29) is 5.82 Å². The average Bonchev–Trinajstić information content (AvgIpc) is 2.89. The van der Waals surface area contributed by atoms with Gasteiger partial charge in [-0.2, -0.15) is 10.5 Å². The van der Waals surface area contributed by atoms with Crippen molar-refractivity contribution in [3.8, 4) is 6.07 Å². The SMILES string of the molecule is Cc1cccc(NC=C(C#N)c2nn[nH]n2)c1C. The predicted octanol–water partition coefficient (Wildman–Crippen LogP) is 1.79. The number of allylic oxidation sites excluding steroid dienone is 1. The smallest absolute Gasteiger partial charge is 0.216 e. The molecule has 0 aliphatic carbocycles. The molecule has 1 aromatic heterocycles. The lowest BCUT2D eigenvalue weighted by Gasteiger charge is -2.07. The molecule has 0 aliphatic rings. The molecule has 0 amide bonds.